The van der Waals surface area contributed by atoms with Gasteiger partial charge in [0.1, 0.15) is 16.9 Å². The summed E-state index contributed by atoms with van der Waals surface area (Å²) in [5.74, 6) is -0.0955. The van der Waals surface area contributed by atoms with Gasteiger partial charge < -0.3 is 20.4 Å². The van der Waals surface area contributed by atoms with E-state index in [4.69, 9.17) is 0 Å². The first kappa shape index (κ1) is 22.0. The summed E-state index contributed by atoms with van der Waals surface area (Å²) in [5, 5.41) is 41.5. The number of hydrogen-bond donors (Lipinski definition) is 4. The van der Waals surface area contributed by atoms with Crippen LogP contribution in [0.2, 0.25) is 0 Å². The van der Waals surface area contributed by atoms with Gasteiger partial charge in [-0.25, -0.2) is 0 Å². The van der Waals surface area contributed by atoms with Gasteiger partial charge in [0.15, 0.2) is 0 Å². The fourth-order valence-electron chi connectivity index (χ4n) is 3.07. The Morgan fingerprint density at radius 1 is 0.609 bits per heavy atom. The lowest BCUT2D eigenvalue weighted by Gasteiger charge is -2.32. The maximum Gasteiger partial charge on any atom is 0.130 e. The Hall–Kier alpha value is -1.00. The van der Waals surface area contributed by atoms with Crippen molar-refractivity contribution in [3.63, 3.8) is 0 Å². The molecule has 0 aliphatic rings. The van der Waals surface area contributed by atoms with Gasteiger partial charge in [-0.2, -0.15) is 0 Å². The summed E-state index contributed by atoms with van der Waals surface area (Å²) >= 11 is 0. The summed E-state index contributed by atoms with van der Waals surface area (Å²) in [4.78, 5) is 0. The second-order valence-corrected chi connectivity index (χ2v) is 6.30. The van der Waals surface area contributed by atoms with E-state index < -0.39 is 18.6 Å². The van der Waals surface area contributed by atoms with E-state index in [0.29, 0.717) is 25.7 Å². The minimum atomic E-state index is -1.47. The smallest absolute Gasteiger partial charge is 0.130 e. The van der Waals surface area contributed by atoms with Gasteiger partial charge in [-0.1, -0.05) is 53.4 Å². The Bertz CT molecular complexity index is 342. The Kier molecular flexibility index (Phi) is 11.0. The summed E-state index contributed by atoms with van der Waals surface area (Å²) in [6.45, 7) is 7.09. The summed E-state index contributed by atoms with van der Waals surface area (Å²) in [5.41, 5.74) is 0.160. The molecule has 0 aromatic rings. The minimum absolute atomic E-state index is 0.0478. The first-order chi connectivity index (χ1) is 11.0. The molecule has 0 bridgehead atoms. The third kappa shape index (κ3) is 5.54. The fraction of sp³-hybridized carbons (Fsp3) is 0.789. The lowest BCUT2D eigenvalue weighted by atomic mass is 9.78. The molecule has 0 fully saturated rings. The van der Waals surface area contributed by atoms with Crippen molar-refractivity contribution in [2.45, 2.75) is 79.1 Å². The molecule has 0 aromatic carbocycles. The number of allylic oxidation sites excluding steroid dienone is 2. The maximum absolute atomic E-state index is 10.8. The van der Waals surface area contributed by atoms with Gasteiger partial charge in [0.25, 0.3) is 0 Å². The molecule has 0 aliphatic carbocycles. The summed E-state index contributed by atoms with van der Waals surface area (Å²) < 4.78 is 0. The highest BCUT2D eigenvalue weighted by Gasteiger charge is 2.41. The average Bonchev–Trinajstić information content (AvgIpc) is 2.55. The normalized spacial score (nSPS) is 11.4. The largest absolute Gasteiger partial charge is 0.511 e. The molecule has 0 atom stereocenters. The molecule has 0 saturated carbocycles. The van der Waals surface area contributed by atoms with E-state index in [1.165, 1.54) is 0 Å². The maximum atomic E-state index is 10.8. The van der Waals surface area contributed by atoms with Gasteiger partial charge in [0.2, 0.25) is 0 Å². The summed E-state index contributed by atoms with van der Waals surface area (Å²) in [6.07, 6.45) is 6.27. The van der Waals surface area contributed by atoms with Crippen LogP contribution in [0.3, 0.4) is 0 Å². The predicted octanol–water partition coefficient (Wildman–Crippen LogP) is 4.78. The molecule has 4 N–H and O–H groups in total. The second-order valence-electron chi connectivity index (χ2n) is 6.30. The SMILES string of the molecule is CCCC(CCC)=C(O)C(CO)(CO)C(O)=C(CCC)CCC. The van der Waals surface area contributed by atoms with Gasteiger partial charge in [-0.3, -0.25) is 0 Å². The number of aliphatic hydroxyl groups excluding tert-OH is 4. The number of rotatable bonds is 12. The Morgan fingerprint density at radius 2 is 0.870 bits per heavy atom. The standard InChI is InChI=1S/C19H36O4/c1-5-9-15(10-6-2)17(22)19(13-20,14-21)18(23)16(11-7-3)12-8-4/h20-23H,5-14H2,1-4H3. The van der Waals surface area contributed by atoms with Crippen molar-refractivity contribution >= 4 is 0 Å². The lowest BCUT2D eigenvalue weighted by molar-refractivity contribution is 0.0411. The molecule has 0 unspecified atom stereocenters. The second kappa shape index (κ2) is 11.5. The van der Waals surface area contributed by atoms with Crippen molar-refractivity contribution in [1.82, 2.24) is 0 Å². The monoisotopic (exact) mass is 328 g/mol. The summed E-state index contributed by atoms with van der Waals surface area (Å²) in [6, 6.07) is 0. The van der Waals surface area contributed by atoms with Crippen LogP contribution in [0, 0.1) is 5.41 Å². The van der Waals surface area contributed by atoms with Gasteiger partial charge in [-0.15, -0.1) is 0 Å². The molecular formula is C19H36O4. The molecule has 0 amide bonds. The van der Waals surface area contributed by atoms with Gasteiger partial charge in [0.05, 0.1) is 13.2 Å². The molecular weight excluding hydrogens is 292 g/mol. The van der Waals surface area contributed by atoms with Gasteiger partial charge in [-0.05, 0) is 36.8 Å². The molecule has 4 heteroatoms. The fourth-order valence-corrected chi connectivity index (χ4v) is 3.07. The van der Waals surface area contributed by atoms with Crippen LogP contribution >= 0.6 is 0 Å². The zero-order valence-electron chi connectivity index (χ0n) is 15.4. The highest BCUT2D eigenvalue weighted by atomic mass is 16.3. The zero-order chi connectivity index (χ0) is 17.9. The van der Waals surface area contributed by atoms with Crippen molar-refractivity contribution in [2.75, 3.05) is 13.2 Å². The van der Waals surface area contributed by atoms with Crippen LogP contribution in [0.15, 0.2) is 22.7 Å². The number of aliphatic hydroxyl groups is 4. The zero-order valence-corrected chi connectivity index (χ0v) is 15.4. The first-order valence-corrected chi connectivity index (χ1v) is 9.03. The lowest BCUT2D eigenvalue weighted by Crippen LogP contribution is -2.36. The van der Waals surface area contributed by atoms with E-state index in [-0.39, 0.29) is 11.5 Å². The van der Waals surface area contributed by atoms with Crippen LogP contribution in [0.1, 0.15) is 79.1 Å². The summed E-state index contributed by atoms with van der Waals surface area (Å²) in [7, 11) is 0. The van der Waals surface area contributed by atoms with Gasteiger partial charge >= 0.3 is 0 Å². The van der Waals surface area contributed by atoms with Crippen LogP contribution in [0.5, 0.6) is 0 Å². The van der Waals surface area contributed by atoms with E-state index in [9.17, 15) is 20.4 Å². The van der Waals surface area contributed by atoms with E-state index in [0.717, 1.165) is 36.8 Å². The van der Waals surface area contributed by atoms with Crippen molar-refractivity contribution in [3.8, 4) is 0 Å². The third-order valence-electron chi connectivity index (χ3n) is 4.32. The molecule has 0 rings (SSSR count). The molecule has 4 nitrogen and oxygen atoms in total. The van der Waals surface area contributed by atoms with Crippen molar-refractivity contribution < 1.29 is 20.4 Å². The minimum Gasteiger partial charge on any atom is -0.511 e. The highest BCUT2D eigenvalue weighted by Crippen LogP contribution is 2.39. The Labute approximate surface area is 141 Å². The van der Waals surface area contributed by atoms with Crippen LogP contribution in [0.25, 0.3) is 0 Å². The molecule has 0 heterocycles. The Morgan fingerprint density at radius 3 is 1.04 bits per heavy atom. The van der Waals surface area contributed by atoms with Crippen LogP contribution in [-0.2, 0) is 0 Å². The quantitative estimate of drug-likeness (QED) is 0.389. The molecule has 0 spiro atoms. The Balaban J connectivity index is 6.13. The number of hydrogen-bond acceptors (Lipinski definition) is 4. The molecule has 23 heavy (non-hydrogen) atoms. The average molecular weight is 328 g/mol. The molecule has 0 saturated heterocycles. The van der Waals surface area contributed by atoms with E-state index in [2.05, 4.69) is 0 Å². The van der Waals surface area contributed by atoms with E-state index in [1.54, 1.807) is 0 Å². The predicted molar refractivity (Wildman–Crippen MR) is 95.5 cm³/mol. The molecule has 0 aromatic heterocycles. The van der Waals surface area contributed by atoms with Gasteiger partial charge in [0, 0.05) is 0 Å². The van der Waals surface area contributed by atoms with Crippen molar-refractivity contribution in [2.24, 2.45) is 5.41 Å². The van der Waals surface area contributed by atoms with Crippen molar-refractivity contribution in [1.29, 1.82) is 0 Å². The topological polar surface area (TPSA) is 80.9 Å². The third-order valence-corrected chi connectivity index (χ3v) is 4.32. The van der Waals surface area contributed by atoms with Crippen LogP contribution in [-0.4, -0.2) is 33.6 Å². The van der Waals surface area contributed by atoms with Crippen LogP contribution < -0.4 is 0 Å². The van der Waals surface area contributed by atoms with Crippen molar-refractivity contribution in [3.05, 3.63) is 22.7 Å². The molecule has 0 radical (unpaired) electrons. The first-order valence-electron chi connectivity index (χ1n) is 9.03. The molecule has 136 valence electrons. The van der Waals surface area contributed by atoms with E-state index in [1.807, 2.05) is 27.7 Å². The molecule has 0 aliphatic heterocycles. The highest BCUT2D eigenvalue weighted by molar-refractivity contribution is 5.29. The van der Waals surface area contributed by atoms with E-state index >= 15 is 0 Å². The van der Waals surface area contributed by atoms with Crippen LogP contribution in [0.4, 0.5) is 0 Å².